The molecule has 3 rings (SSSR count). The van der Waals surface area contributed by atoms with E-state index >= 15 is 0 Å². The summed E-state index contributed by atoms with van der Waals surface area (Å²) in [5, 5.41) is 11.0. The van der Waals surface area contributed by atoms with Gasteiger partial charge in [-0.05, 0) is 18.4 Å². The van der Waals surface area contributed by atoms with Crippen LogP contribution in [0.15, 0.2) is 58.3 Å². The summed E-state index contributed by atoms with van der Waals surface area (Å²) in [5.41, 5.74) is 1.48. The Morgan fingerprint density at radius 2 is 2.14 bits per heavy atom. The fourth-order valence-electron chi connectivity index (χ4n) is 2.03. The first-order valence-corrected chi connectivity index (χ1v) is 7.87. The van der Waals surface area contributed by atoms with Crippen LogP contribution in [0.1, 0.15) is 5.69 Å². The maximum absolute atomic E-state index is 12.2. The van der Waals surface area contributed by atoms with Crippen LogP contribution in [0.4, 0.5) is 5.82 Å². The van der Waals surface area contributed by atoms with Crippen LogP contribution in [-0.4, -0.2) is 27.1 Å². The van der Waals surface area contributed by atoms with Crippen LogP contribution >= 0.6 is 11.8 Å². The molecule has 0 fully saturated rings. The Hall–Kier alpha value is -2.54. The zero-order valence-electron chi connectivity index (χ0n) is 11.9. The summed E-state index contributed by atoms with van der Waals surface area (Å²) >= 11 is 1.53. The van der Waals surface area contributed by atoms with Crippen LogP contribution in [0.3, 0.4) is 0 Å². The lowest BCUT2D eigenvalue weighted by atomic mass is 10.3. The van der Waals surface area contributed by atoms with E-state index in [-0.39, 0.29) is 12.3 Å². The second-order valence-corrected chi connectivity index (χ2v) is 5.37. The van der Waals surface area contributed by atoms with Crippen molar-refractivity contribution in [3.8, 4) is 5.69 Å². The first-order valence-electron chi connectivity index (χ1n) is 6.64. The molecule has 2 aromatic heterocycles. The highest BCUT2D eigenvalue weighted by molar-refractivity contribution is 7.98. The number of rotatable bonds is 5. The fraction of sp³-hybridized carbons (Fsp3) is 0.133. The molecular weight excluding hydrogens is 300 g/mol. The summed E-state index contributed by atoms with van der Waals surface area (Å²) in [6.07, 6.45) is 5.29. The number of para-hydroxylation sites is 1. The van der Waals surface area contributed by atoms with Gasteiger partial charge in [-0.1, -0.05) is 23.4 Å². The van der Waals surface area contributed by atoms with Gasteiger partial charge in [-0.25, -0.2) is 4.68 Å². The molecular formula is C15H14N4O2S. The Labute approximate surface area is 131 Å². The first kappa shape index (κ1) is 14.4. The Kier molecular flexibility index (Phi) is 4.24. The Balaban J connectivity index is 1.86. The van der Waals surface area contributed by atoms with Gasteiger partial charge < -0.3 is 9.84 Å². The van der Waals surface area contributed by atoms with Gasteiger partial charge in [0, 0.05) is 6.07 Å². The van der Waals surface area contributed by atoms with E-state index in [0.717, 1.165) is 10.6 Å². The highest BCUT2D eigenvalue weighted by Gasteiger charge is 2.15. The molecule has 112 valence electrons. The molecule has 1 N–H and O–H groups in total. The maximum atomic E-state index is 12.2. The van der Waals surface area contributed by atoms with E-state index in [4.69, 9.17) is 4.52 Å². The summed E-state index contributed by atoms with van der Waals surface area (Å²) < 4.78 is 6.45. The number of hydrogen-bond donors (Lipinski definition) is 1. The summed E-state index contributed by atoms with van der Waals surface area (Å²) in [6.45, 7) is 0. The van der Waals surface area contributed by atoms with Crippen molar-refractivity contribution in [2.45, 2.75) is 11.3 Å². The molecule has 0 atom stereocenters. The molecule has 0 aliphatic rings. The van der Waals surface area contributed by atoms with Crippen LogP contribution in [-0.2, 0) is 11.2 Å². The standard InChI is InChI=1S/C15H14N4O2S/c1-22-13-10-16-19(12-5-3-2-4-6-12)15(13)17-14(20)9-11-7-8-21-18-11/h2-8,10H,9H2,1H3,(H,17,20). The normalized spacial score (nSPS) is 10.6. The molecule has 0 radical (unpaired) electrons. The number of nitrogens with one attached hydrogen (secondary N) is 1. The average molecular weight is 314 g/mol. The number of nitrogens with zero attached hydrogens (tertiary/aromatic N) is 3. The van der Waals surface area contributed by atoms with E-state index in [9.17, 15) is 4.79 Å². The smallest absolute Gasteiger partial charge is 0.231 e. The van der Waals surface area contributed by atoms with Gasteiger partial charge in [-0.2, -0.15) is 5.10 Å². The van der Waals surface area contributed by atoms with Crippen molar-refractivity contribution in [2.24, 2.45) is 0 Å². The SMILES string of the molecule is CSc1cnn(-c2ccccc2)c1NC(=O)Cc1ccon1. The molecule has 6 nitrogen and oxygen atoms in total. The largest absolute Gasteiger partial charge is 0.364 e. The molecule has 0 unspecified atom stereocenters. The van der Waals surface area contributed by atoms with Gasteiger partial charge in [0.2, 0.25) is 5.91 Å². The zero-order chi connectivity index (χ0) is 15.4. The topological polar surface area (TPSA) is 73.0 Å². The van der Waals surface area contributed by atoms with E-state index in [1.807, 2.05) is 36.6 Å². The molecule has 0 saturated carbocycles. The van der Waals surface area contributed by atoms with Crippen LogP contribution in [0.2, 0.25) is 0 Å². The molecule has 0 bridgehead atoms. The van der Waals surface area contributed by atoms with E-state index in [0.29, 0.717) is 11.5 Å². The number of aromatic nitrogens is 3. The fourth-order valence-corrected chi connectivity index (χ4v) is 2.52. The summed E-state index contributed by atoms with van der Waals surface area (Å²) in [4.78, 5) is 13.1. The monoisotopic (exact) mass is 314 g/mol. The van der Waals surface area contributed by atoms with Gasteiger partial charge in [0.25, 0.3) is 0 Å². The average Bonchev–Trinajstić information content (AvgIpc) is 3.17. The number of hydrogen-bond acceptors (Lipinski definition) is 5. The van der Waals surface area contributed by atoms with Gasteiger partial charge in [0.05, 0.1) is 28.9 Å². The van der Waals surface area contributed by atoms with Gasteiger partial charge in [0.15, 0.2) is 0 Å². The third-order valence-corrected chi connectivity index (χ3v) is 3.79. The molecule has 7 heteroatoms. The van der Waals surface area contributed by atoms with Crippen molar-refractivity contribution in [1.82, 2.24) is 14.9 Å². The molecule has 0 aliphatic heterocycles. The third-order valence-electron chi connectivity index (χ3n) is 3.05. The number of thioether (sulfide) groups is 1. The van der Waals surface area contributed by atoms with Crippen molar-refractivity contribution in [2.75, 3.05) is 11.6 Å². The van der Waals surface area contributed by atoms with Crippen LogP contribution in [0, 0.1) is 0 Å². The van der Waals surface area contributed by atoms with Crippen LogP contribution < -0.4 is 5.32 Å². The minimum Gasteiger partial charge on any atom is -0.364 e. The van der Waals surface area contributed by atoms with E-state index in [2.05, 4.69) is 15.6 Å². The van der Waals surface area contributed by atoms with Gasteiger partial charge in [0.1, 0.15) is 12.1 Å². The molecule has 1 aromatic carbocycles. The summed E-state index contributed by atoms with van der Waals surface area (Å²) in [5.74, 6) is 0.495. The quantitative estimate of drug-likeness (QED) is 0.733. The molecule has 2 heterocycles. The zero-order valence-corrected chi connectivity index (χ0v) is 12.7. The number of amides is 1. The number of carbonyl (C=O) groups is 1. The molecule has 22 heavy (non-hydrogen) atoms. The number of benzene rings is 1. The van der Waals surface area contributed by atoms with Crippen molar-refractivity contribution in [1.29, 1.82) is 0 Å². The predicted molar refractivity (Wildman–Crippen MR) is 84.2 cm³/mol. The molecule has 3 aromatic rings. The molecule has 0 aliphatic carbocycles. The summed E-state index contributed by atoms with van der Waals surface area (Å²) in [6, 6.07) is 11.3. The highest BCUT2D eigenvalue weighted by Crippen LogP contribution is 2.27. The van der Waals surface area contributed by atoms with Crippen LogP contribution in [0.5, 0.6) is 0 Å². The van der Waals surface area contributed by atoms with Crippen LogP contribution in [0.25, 0.3) is 5.69 Å². The Morgan fingerprint density at radius 1 is 1.32 bits per heavy atom. The first-order chi connectivity index (χ1) is 10.8. The Morgan fingerprint density at radius 3 is 2.82 bits per heavy atom. The number of anilines is 1. The Bertz CT molecular complexity index is 753. The van der Waals surface area contributed by atoms with Crippen molar-refractivity contribution in [3.63, 3.8) is 0 Å². The lowest BCUT2D eigenvalue weighted by Crippen LogP contribution is -2.17. The highest BCUT2D eigenvalue weighted by atomic mass is 32.2. The maximum Gasteiger partial charge on any atom is 0.231 e. The lowest BCUT2D eigenvalue weighted by Gasteiger charge is -2.10. The molecule has 0 saturated heterocycles. The van der Waals surface area contributed by atoms with E-state index in [1.54, 1.807) is 16.9 Å². The van der Waals surface area contributed by atoms with Crippen molar-refractivity contribution < 1.29 is 9.32 Å². The van der Waals surface area contributed by atoms with Crippen molar-refractivity contribution in [3.05, 3.63) is 54.6 Å². The van der Waals surface area contributed by atoms with Crippen molar-refractivity contribution >= 4 is 23.5 Å². The van der Waals surface area contributed by atoms with Gasteiger partial charge >= 0.3 is 0 Å². The van der Waals surface area contributed by atoms with Gasteiger partial charge in [-0.15, -0.1) is 11.8 Å². The third kappa shape index (κ3) is 3.04. The van der Waals surface area contributed by atoms with E-state index < -0.39 is 0 Å². The molecule has 1 amide bonds. The van der Waals surface area contributed by atoms with Gasteiger partial charge in [-0.3, -0.25) is 4.79 Å². The summed E-state index contributed by atoms with van der Waals surface area (Å²) in [7, 11) is 0. The van der Waals surface area contributed by atoms with E-state index in [1.165, 1.54) is 18.0 Å². The number of carbonyl (C=O) groups excluding carboxylic acids is 1. The minimum atomic E-state index is -0.165. The minimum absolute atomic E-state index is 0.157. The lowest BCUT2D eigenvalue weighted by molar-refractivity contribution is -0.115. The molecule has 0 spiro atoms. The second-order valence-electron chi connectivity index (χ2n) is 4.52. The predicted octanol–water partition coefficient (Wildman–Crippen LogP) is 2.76. The second kappa shape index (κ2) is 6.48.